The summed E-state index contributed by atoms with van der Waals surface area (Å²) in [5, 5.41) is 10.8. The smallest absolute Gasteiger partial charge is 0.236 e. The molecule has 2 atom stereocenters. The summed E-state index contributed by atoms with van der Waals surface area (Å²) < 4.78 is 0. The molecule has 1 heterocycles. The highest BCUT2D eigenvalue weighted by Gasteiger charge is 2.56. The van der Waals surface area contributed by atoms with Gasteiger partial charge < -0.3 is 10.0 Å². The molecule has 1 fully saturated rings. The Kier molecular flexibility index (Phi) is 3.92. The van der Waals surface area contributed by atoms with Gasteiger partial charge in [0.15, 0.2) is 0 Å². The first-order valence-electron chi connectivity index (χ1n) is 6.62. The third-order valence-corrected chi connectivity index (χ3v) is 4.18. The van der Waals surface area contributed by atoms with Crippen LogP contribution in [-0.4, -0.2) is 39.4 Å². The Morgan fingerprint density at radius 3 is 2.33 bits per heavy atom. The summed E-state index contributed by atoms with van der Waals surface area (Å²) in [7, 11) is 0. The van der Waals surface area contributed by atoms with Gasteiger partial charge >= 0.3 is 0 Å². The standard InChI is InChI=1S/C14H25NO3/c1-7-15-12(17)11(10(4)16)14(18,9(2)3)8-13(15,5)6/h9,11,18H,7-8H2,1-6H3. The number of hydrogen-bond acceptors (Lipinski definition) is 3. The zero-order valence-electron chi connectivity index (χ0n) is 12.3. The number of aliphatic hydroxyl groups is 1. The minimum Gasteiger partial charge on any atom is -0.388 e. The van der Waals surface area contributed by atoms with Gasteiger partial charge in [0, 0.05) is 18.5 Å². The summed E-state index contributed by atoms with van der Waals surface area (Å²) in [5.41, 5.74) is -1.66. The molecular formula is C14H25NO3. The van der Waals surface area contributed by atoms with Gasteiger partial charge in [-0.05, 0) is 33.6 Å². The first-order valence-corrected chi connectivity index (χ1v) is 6.62. The molecule has 104 valence electrons. The van der Waals surface area contributed by atoms with Crippen LogP contribution in [0, 0.1) is 11.8 Å². The lowest BCUT2D eigenvalue weighted by molar-refractivity contribution is -0.180. The average molecular weight is 255 g/mol. The maximum absolute atomic E-state index is 12.5. The molecule has 1 aliphatic rings. The predicted octanol–water partition coefficient (Wildman–Crippen LogP) is 1.61. The van der Waals surface area contributed by atoms with Gasteiger partial charge in [0.1, 0.15) is 11.7 Å². The highest BCUT2D eigenvalue weighted by Crippen LogP contribution is 2.43. The second-order valence-electron chi connectivity index (χ2n) is 6.26. The molecule has 0 radical (unpaired) electrons. The lowest BCUT2D eigenvalue weighted by atomic mass is 9.66. The summed E-state index contributed by atoms with van der Waals surface area (Å²) in [6.07, 6.45) is 0.432. The summed E-state index contributed by atoms with van der Waals surface area (Å²) in [4.78, 5) is 26.0. The van der Waals surface area contributed by atoms with Crippen LogP contribution >= 0.6 is 0 Å². The number of ketones is 1. The Morgan fingerprint density at radius 1 is 1.50 bits per heavy atom. The molecule has 0 saturated carbocycles. The highest BCUT2D eigenvalue weighted by molar-refractivity contribution is 6.02. The van der Waals surface area contributed by atoms with E-state index in [1.165, 1.54) is 6.92 Å². The minimum atomic E-state index is -1.24. The fraction of sp³-hybridized carbons (Fsp3) is 0.857. The van der Waals surface area contributed by atoms with Gasteiger partial charge in [0.25, 0.3) is 0 Å². The van der Waals surface area contributed by atoms with Gasteiger partial charge in [0.05, 0.1) is 5.60 Å². The van der Waals surface area contributed by atoms with Crippen LogP contribution in [0.1, 0.15) is 48.0 Å². The normalized spacial score (nSPS) is 31.9. The van der Waals surface area contributed by atoms with E-state index in [1.807, 2.05) is 34.6 Å². The monoisotopic (exact) mass is 255 g/mol. The summed E-state index contributed by atoms with van der Waals surface area (Å²) in [6, 6.07) is 0. The van der Waals surface area contributed by atoms with Gasteiger partial charge in [-0.25, -0.2) is 0 Å². The van der Waals surface area contributed by atoms with E-state index in [-0.39, 0.29) is 17.6 Å². The summed E-state index contributed by atoms with van der Waals surface area (Å²) in [5.74, 6) is -1.54. The predicted molar refractivity (Wildman–Crippen MR) is 70.0 cm³/mol. The molecule has 4 heteroatoms. The topological polar surface area (TPSA) is 57.6 Å². The Hall–Kier alpha value is -0.900. The molecule has 0 aromatic carbocycles. The number of likely N-dealkylation sites (tertiary alicyclic amines) is 1. The number of nitrogens with zero attached hydrogens (tertiary/aromatic N) is 1. The number of carbonyl (C=O) groups is 2. The fourth-order valence-electron chi connectivity index (χ4n) is 3.21. The van der Waals surface area contributed by atoms with Crippen LogP contribution in [0.15, 0.2) is 0 Å². The Morgan fingerprint density at radius 2 is 2.00 bits per heavy atom. The molecule has 0 aromatic rings. The quantitative estimate of drug-likeness (QED) is 0.779. The molecule has 1 aliphatic heterocycles. The first-order chi connectivity index (χ1) is 8.08. The molecule has 4 nitrogen and oxygen atoms in total. The number of hydrogen-bond donors (Lipinski definition) is 1. The molecule has 1 rings (SSSR count). The van der Waals surface area contributed by atoms with Crippen molar-refractivity contribution >= 4 is 11.7 Å². The minimum absolute atomic E-state index is 0.131. The van der Waals surface area contributed by atoms with Gasteiger partial charge in [-0.15, -0.1) is 0 Å². The van der Waals surface area contributed by atoms with Crippen molar-refractivity contribution in [3.05, 3.63) is 0 Å². The zero-order chi connectivity index (χ0) is 14.3. The van der Waals surface area contributed by atoms with E-state index in [0.29, 0.717) is 13.0 Å². The average Bonchev–Trinajstić information content (AvgIpc) is 2.14. The number of rotatable bonds is 3. The highest BCUT2D eigenvalue weighted by atomic mass is 16.3. The van der Waals surface area contributed by atoms with E-state index in [2.05, 4.69) is 0 Å². The van der Waals surface area contributed by atoms with E-state index in [1.54, 1.807) is 4.90 Å². The Labute approximate surface area is 109 Å². The zero-order valence-corrected chi connectivity index (χ0v) is 12.3. The first kappa shape index (κ1) is 15.2. The molecule has 1 saturated heterocycles. The van der Waals surface area contributed by atoms with Crippen molar-refractivity contribution in [2.45, 2.75) is 59.1 Å². The third kappa shape index (κ3) is 2.18. The van der Waals surface area contributed by atoms with Crippen molar-refractivity contribution in [3.63, 3.8) is 0 Å². The van der Waals surface area contributed by atoms with Crippen LogP contribution in [0.2, 0.25) is 0 Å². The molecule has 2 unspecified atom stereocenters. The lowest BCUT2D eigenvalue weighted by Gasteiger charge is -2.53. The van der Waals surface area contributed by atoms with E-state index >= 15 is 0 Å². The van der Waals surface area contributed by atoms with Crippen molar-refractivity contribution in [1.82, 2.24) is 4.90 Å². The van der Waals surface area contributed by atoms with Crippen molar-refractivity contribution in [2.75, 3.05) is 6.54 Å². The van der Waals surface area contributed by atoms with E-state index in [4.69, 9.17) is 0 Å². The van der Waals surface area contributed by atoms with Crippen molar-refractivity contribution < 1.29 is 14.7 Å². The fourth-order valence-corrected chi connectivity index (χ4v) is 3.21. The molecular weight excluding hydrogens is 230 g/mol. The van der Waals surface area contributed by atoms with Crippen LogP contribution in [0.4, 0.5) is 0 Å². The van der Waals surface area contributed by atoms with Crippen molar-refractivity contribution in [1.29, 1.82) is 0 Å². The molecule has 18 heavy (non-hydrogen) atoms. The Bertz CT molecular complexity index is 362. The second kappa shape index (κ2) is 4.65. The van der Waals surface area contributed by atoms with Crippen molar-refractivity contribution in [3.8, 4) is 0 Å². The molecule has 0 bridgehead atoms. The van der Waals surface area contributed by atoms with Crippen molar-refractivity contribution in [2.24, 2.45) is 11.8 Å². The maximum atomic E-state index is 12.5. The molecule has 0 aromatic heterocycles. The summed E-state index contributed by atoms with van der Waals surface area (Å²) >= 11 is 0. The van der Waals surface area contributed by atoms with Gasteiger partial charge in [-0.2, -0.15) is 0 Å². The Balaban J connectivity index is 3.30. The molecule has 1 amide bonds. The maximum Gasteiger partial charge on any atom is 0.236 e. The number of carbonyl (C=O) groups excluding carboxylic acids is 2. The molecule has 1 N–H and O–H groups in total. The molecule has 0 aliphatic carbocycles. The van der Waals surface area contributed by atoms with Crippen LogP contribution < -0.4 is 0 Å². The van der Waals surface area contributed by atoms with Crippen LogP contribution in [0.25, 0.3) is 0 Å². The lowest BCUT2D eigenvalue weighted by Crippen LogP contribution is -2.67. The second-order valence-corrected chi connectivity index (χ2v) is 6.26. The number of amides is 1. The van der Waals surface area contributed by atoms with Gasteiger partial charge in [-0.1, -0.05) is 13.8 Å². The van der Waals surface area contributed by atoms with E-state index < -0.39 is 17.1 Å². The van der Waals surface area contributed by atoms with Crippen LogP contribution in [-0.2, 0) is 9.59 Å². The van der Waals surface area contributed by atoms with Gasteiger partial charge in [0.2, 0.25) is 5.91 Å². The largest absolute Gasteiger partial charge is 0.388 e. The summed E-state index contributed by atoms with van der Waals surface area (Å²) in [6.45, 7) is 11.5. The van der Waals surface area contributed by atoms with E-state index in [0.717, 1.165) is 0 Å². The SMILES string of the molecule is CCN1C(=O)C(C(C)=O)C(O)(C(C)C)CC1(C)C. The van der Waals surface area contributed by atoms with Crippen LogP contribution in [0.5, 0.6) is 0 Å². The van der Waals surface area contributed by atoms with E-state index in [9.17, 15) is 14.7 Å². The van der Waals surface area contributed by atoms with Crippen LogP contribution in [0.3, 0.4) is 0 Å². The number of piperidine rings is 1. The van der Waals surface area contributed by atoms with Gasteiger partial charge in [-0.3, -0.25) is 9.59 Å². The molecule has 0 spiro atoms. The number of Topliss-reactive ketones (excluding diaryl/α,β-unsaturated/α-hetero) is 1. The third-order valence-electron chi connectivity index (χ3n) is 4.18.